The lowest BCUT2D eigenvalue weighted by Crippen LogP contribution is -2.31. The molecule has 1 N–H and O–H groups in total. The van der Waals surface area contributed by atoms with E-state index >= 15 is 0 Å². The Morgan fingerprint density at radius 3 is 2.85 bits per heavy atom. The molecule has 2 unspecified atom stereocenters. The Kier molecular flexibility index (Phi) is 3.90. The van der Waals surface area contributed by atoms with E-state index in [0.29, 0.717) is 6.04 Å². The Morgan fingerprint density at radius 2 is 2.00 bits per heavy atom. The molecule has 0 saturated heterocycles. The van der Waals surface area contributed by atoms with Crippen LogP contribution in [0.5, 0.6) is 0 Å². The quantitative estimate of drug-likeness (QED) is 0.854. The molecule has 0 bridgehead atoms. The van der Waals surface area contributed by atoms with Gasteiger partial charge in [0.2, 0.25) is 0 Å². The van der Waals surface area contributed by atoms with E-state index in [1.165, 1.54) is 43.2 Å². The molecular formula is C18H24N2. The third kappa shape index (κ3) is 2.65. The van der Waals surface area contributed by atoms with Gasteiger partial charge < -0.3 is 5.32 Å². The smallest absolute Gasteiger partial charge is 0.0725 e. The highest BCUT2D eigenvalue weighted by molar-refractivity contribution is 5.91. The first-order valence-electron chi connectivity index (χ1n) is 7.91. The number of pyridine rings is 1. The Labute approximate surface area is 121 Å². The van der Waals surface area contributed by atoms with Crippen LogP contribution in [0.2, 0.25) is 0 Å². The van der Waals surface area contributed by atoms with E-state index in [-0.39, 0.29) is 0 Å². The molecule has 2 nitrogen and oxygen atoms in total. The third-order valence-corrected chi connectivity index (χ3v) is 4.62. The topological polar surface area (TPSA) is 24.9 Å². The molecule has 1 aromatic carbocycles. The molecular weight excluding hydrogens is 244 g/mol. The second-order valence-electron chi connectivity index (χ2n) is 6.03. The molecule has 1 aliphatic carbocycles. The molecule has 2 atom stereocenters. The van der Waals surface area contributed by atoms with E-state index in [0.717, 1.165) is 17.1 Å². The SMILES string of the molecule is CCC1CCCCC1Nc1cc(C)nc2ccccc12. The zero-order chi connectivity index (χ0) is 13.9. The van der Waals surface area contributed by atoms with Crippen LogP contribution in [0.4, 0.5) is 5.69 Å². The summed E-state index contributed by atoms with van der Waals surface area (Å²) in [6.45, 7) is 4.40. The number of aromatic nitrogens is 1. The average Bonchev–Trinajstić information content (AvgIpc) is 2.47. The van der Waals surface area contributed by atoms with Crippen LogP contribution < -0.4 is 5.32 Å². The predicted octanol–water partition coefficient (Wildman–Crippen LogP) is 4.92. The second-order valence-corrected chi connectivity index (χ2v) is 6.03. The van der Waals surface area contributed by atoms with Crippen LogP contribution in [0.25, 0.3) is 10.9 Å². The van der Waals surface area contributed by atoms with Gasteiger partial charge in [-0.25, -0.2) is 0 Å². The Balaban J connectivity index is 1.93. The number of rotatable bonds is 3. The lowest BCUT2D eigenvalue weighted by atomic mass is 9.82. The number of hydrogen-bond acceptors (Lipinski definition) is 2. The number of para-hydroxylation sites is 1. The van der Waals surface area contributed by atoms with Crippen molar-refractivity contribution in [3.63, 3.8) is 0 Å². The molecule has 0 spiro atoms. The van der Waals surface area contributed by atoms with Gasteiger partial charge >= 0.3 is 0 Å². The number of nitrogens with one attached hydrogen (secondary N) is 1. The van der Waals surface area contributed by atoms with Crippen LogP contribution in [0.3, 0.4) is 0 Å². The lowest BCUT2D eigenvalue weighted by Gasteiger charge is -2.32. The fraction of sp³-hybridized carbons (Fsp3) is 0.500. The maximum atomic E-state index is 4.63. The number of aryl methyl sites for hydroxylation is 1. The fourth-order valence-electron chi connectivity index (χ4n) is 3.51. The van der Waals surface area contributed by atoms with Gasteiger partial charge in [0.05, 0.1) is 5.52 Å². The molecule has 3 rings (SSSR count). The van der Waals surface area contributed by atoms with Crippen LogP contribution in [0.15, 0.2) is 30.3 Å². The Morgan fingerprint density at radius 1 is 1.20 bits per heavy atom. The summed E-state index contributed by atoms with van der Waals surface area (Å²) in [7, 11) is 0. The van der Waals surface area contributed by atoms with Gasteiger partial charge in [0, 0.05) is 22.8 Å². The molecule has 20 heavy (non-hydrogen) atoms. The van der Waals surface area contributed by atoms with Crippen molar-refractivity contribution in [1.29, 1.82) is 0 Å². The maximum Gasteiger partial charge on any atom is 0.0725 e. The molecule has 106 valence electrons. The number of fused-ring (bicyclic) bond motifs is 1. The minimum absolute atomic E-state index is 0.624. The molecule has 2 heteroatoms. The summed E-state index contributed by atoms with van der Waals surface area (Å²) in [6.07, 6.45) is 6.70. The van der Waals surface area contributed by atoms with Crippen LogP contribution in [-0.2, 0) is 0 Å². The van der Waals surface area contributed by atoms with Gasteiger partial charge in [0.1, 0.15) is 0 Å². The van der Waals surface area contributed by atoms with Gasteiger partial charge in [0.15, 0.2) is 0 Å². The lowest BCUT2D eigenvalue weighted by molar-refractivity contribution is 0.317. The maximum absolute atomic E-state index is 4.63. The largest absolute Gasteiger partial charge is 0.381 e. The van der Waals surface area contributed by atoms with Gasteiger partial charge in [-0.2, -0.15) is 0 Å². The molecule has 0 aliphatic heterocycles. The zero-order valence-corrected chi connectivity index (χ0v) is 12.5. The molecule has 1 aliphatic rings. The molecule has 0 amide bonds. The van der Waals surface area contributed by atoms with E-state index < -0.39 is 0 Å². The van der Waals surface area contributed by atoms with Gasteiger partial charge in [-0.1, -0.05) is 44.4 Å². The van der Waals surface area contributed by atoms with Crippen molar-refractivity contribution in [2.45, 2.75) is 52.0 Å². The highest BCUT2D eigenvalue weighted by atomic mass is 14.9. The highest BCUT2D eigenvalue weighted by Gasteiger charge is 2.23. The molecule has 1 aromatic heterocycles. The fourth-order valence-corrected chi connectivity index (χ4v) is 3.51. The number of nitrogens with zero attached hydrogens (tertiary/aromatic N) is 1. The average molecular weight is 268 g/mol. The predicted molar refractivity (Wildman–Crippen MR) is 86.1 cm³/mol. The summed E-state index contributed by atoms with van der Waals surface area (Å²) in [6, 6.07) is 11.3. The van der Waals surface area contributed by atoms with Gasteiger partial charge in [-0.15, -0.1) is 0 Å². The molecule has 2 aromatic rings. The van der Waals surface area contributed by atoms with Crippen molar-refractivity contribution in [3.05, 3.63) is 36.0 Å². The summed E-state index contributed by atoms with van der Waals surface area (Å²) < 4.78 is 0. The highest BCUT2D eigenvalue weighted by Crippen LogP contribution is 2.31. The minimum atomic E-state index is 0.624. The van der Waals surface area contributed by atoms with Gasteiger partial charge in [0.25, 0.3) is 0 Å². The molecule has 1 saturated carbocycles. The van der Waals surface area contributed by atoms with E-state index in [1.54, 1.807) is 0 Å². The molecule has 1 fully saturated rings. The number of hydrogen-bond donors (Lipinski definition) is 1. The summed E-state index contributed by atoms with van der Waals surface area (Å²) in [5.74, 6) is 0.816. The zero-order valence-electron chi connectivity index (χ0n) is 12.5. The number of benzene rings is 1. The van der Waals surface area contributed by atoms with E-state index in [9.17, 15) is 0 Å². The number of anilines is 1. The van der Waals surface area contributed by atoms with Crippen LogP contribution in [0.1, 0.15) is 44.7 Å². The minimum Gasteiger partial charge on any atom is -0.381 e. The summed E-state index contributed by atoms with van der Waals surface area (Å²) in [5, 5.41) is 5.07. The monoisotopic (exact) mass is 268 g/mol. The van der Waals surface area contributed by atoms with Crippen LogP contribution in [-0.4, -0.2) is 11.0 Å². The van der Waals surface area contributed by atoms with Crippen molar-refractivity contribution in [1.82, 2.24) is 4.98 Å². The van der Waals surface area contributed by atoms with Gasteiger partial charge in [-0.05, 0) is 37.8 Å². The van der Waals surface area contributed by atoms with Crippen LogP contribution >= 0.6 is 0 Å². The normalized spacial score (nSPS) is 22.9. The van der Waals surface area contributed by atoms with E-state index in [1.807, 2.05) is 0 Å². The van der Waals surface area contributed by atoms with Gasteiger partial charge in [-0.3, -0.25) is 4.98 Å². The van der Waals surface area contributed by atoms with Crippen molar-refractivity contribution in [2.24, 2.45) is 5.92 Å². The first kappa shape index (κ1) is 13.4. The first-order valence-corrected chi connectivity index (χ1v) is 7.91. The van der Waals surface area contributed by atoms with Crippen LogP contribution in [0, 0.1) is 12.8 Å². The molecule has 0 radical (unpaired) electrons. The van der Waals surface area contributed by atoms with Crippen molar-refractivity contribution >= 4 is 16.6 Å². The van der Waals surface area contributed by atoms with Crippen molar-refractivity contribution in [2.75, 3.05) is 5.32 Å². The summed E-state index contributed by atoms with van der Waals surface area (Å²) in [5.41, 5.74) is 3.45. The first-order chi connectivity index (χ1) is 9.78. The Hall–Kier alpha value is -1.57. The Bertz CT molecular complexity index is 591. The summed E-state index contributed by atoms with van der Waals surface area (Å²) in [4.78, 5) is 4.63. The van der Waals surface area contributed by atoms with E-state index in [2.05, 4.69) is 54.5 Å². The molecule has 1 heterocycles. The van der Waals surface area contributed by atoms with Crippen molar-refractivity contribution in [3.8, 4) is 0 Å². The van der Waals surface area contributed by atoms with Crippen molar-refractivity contribution < 1.29 is 0 Å². The second kappa shape index (κ2) is 5.82. The summed E-state index contributed by atoms with van der Waals surface area (Å²) >= 11 is 0. The van der Waals surface area contributed by atoms with E-state index in [4.69, 9.17) is 0 Å². The third-order valence-electron chi connectivity index (χ3n) is 4.62. The standard InChI is InChI=1S/C18H24N2/c1-3-14-8-4-6-10-16(14)20-18-12-13(2)19-17-11-7-5-9-15(17)18/h5,7,9,11-12,14,16H,3-4,6,8,10H2,1-2H3,(H,19,20).